The molecule has 8 nitrogen and oxygen atoms in total. The average molecular weight is 357 g/mol. The largest absolute Gasteiger partial charge is 0.396 e. The Morgan fingerprint density at radius 1 is 1.38 bits per heavy atom. The van der Waals surface area contributed by atoms with Crippen LogP contribution in [0.4, 0.5) is 0 Å². The van der Waals surface area contributed by atoms with Crippen LogP contribution in [-0.4, -0.2) is 73.6 Å². The topological polar surface area (TPSA) is 91.0 Å². The minimum atomic E-state index is -0.231. The molecule has 1 saturated heterocycles. The molecule has 1 unspecified atom stereocenters. The molecule has 2 amide bonds. The summed E-state index contributed by atoms with van der Waals surface area (Å²) in [4.78, 5) is 33.0. The van der Waals surface area contributed by atoms with Crippen molar-refractivity contribution in [2.24, 2.45) is 0 Å². The third-order valence-corrected chi connectivity index (χ3v) is 4.85. The third kappa shape index (κ3) is 3.08. The molecule has 3 heterocycles. The smallest absolute Gasteiger partial charge is 0.257 e. The van der Waals surface area contributed by atoms with Crippen LogP contribution in [0.1, 0.15) is 28.2 Å². The van der Waals surface area contributed by atoms with E-state index < -0.39 is 0 Å². The Bertz CT molecular complexity index is 860. The average Bonchev–Trinajstić information content (AvgIpc) is 3.09. The maximum atomic E-state index is 13.2. The van der Waals surface area contributed by atoms with Gasteiger partial charge in [-0.15, -0.1) is 0 Å². The molecule has 138 valence electrons. The summed E-state index contributed by atoms with van der Waals surface area (Å²) in [5, 5.41) is 13.6. The van der Waals surface area contributed by atoms with Crippen LogP contribution in [0.3, 0.4) is 0 Å². The summed E-state index contributed by atoms with van der Waals surface area (Å²) < 4.78 is 1.66. The number of fused-ring (bicyclic) bond motifs is 1. The van der Waals surface area contributed by atoms with Gasteiger partial charge in [-0.05, 0) is 26.3 Å². The van der Waals surface area contributed by atoms with Gasteiger partial charge in [0.1, 0.15) is 0 Å². The lowest BCUT2D eigenvalue weighted by atomic mass is 10.1. The molecule has 2 aromatic rings. The van der Waals surface area contributed by atoms with E-state index in [0.29, 0.717) is 43.0 Å². The van der Waals surface area contributed by atoms with Gasteiger partial charge in [0.25, 0.3) is 5.91 Å². The molecule has 26 heavy (non-hydrogen) atoms. The Balaban J connectivity index is 1.89. The van der Waals surface area contributed by atoms with Gasteiger partial charge in [0.2, 0.25) is 5.91 Å². The number of aromatic nitrogens is 3. The van der Waals surface area contributed by atoms with Crippen molar-refractivity contribution in [3.63, 3.8) is 0 Å². The van der Waals surface area contributed by atoms with E-state index in [2.05, 4.69) is 16.7 Å². The van der Waals surface area contributed by atoms with E-state index in [1.54, 1.807) is 26.6 Å². The van der Waals surface area contributed by atoms with Crippen LogP contribution in [0.2, 0.25) is 0 Å². The highest BCUT2D eigenvalue weighted by molar-refractivity contribution is 5.97. The molecule has 0 radical (unpaired) electrons. The van der Waals surface area contributed by atoms with Crippen LogP contribution >= 0.6 is 0 Å². The second-order valence-corrected chi connectivity index (χ2v) is 6.41. The van der Waals surface area contributed by atoms with Gasteiger partial charge in [-0.3, -0.25) is 9.59 Å². The molecule has 8 heteroatoms. The lowest BCUT2D eigenvalue weighted by molar-refractivity contribution is -0.130. The zero-order valence-corrected chi connectivity index (χ0v) is 15.1. The molecule has 0 aliphatic carbocycles. The van der Waals surface area contributed by atoms with Gasteiger partial charge < -0.3 is 14.9 Å². The van der Waals surface area contributed by atoms with E-state index in [1.807, 2.05) is 13.8 Å². The molecule has 1 aliphatic rings. The predicted molar refractivity (Wildman–Crippen MR) is 95.8 cm³/mol. The number of aliphatic hydroxyl groups excluding tert-OH is 1. The molecule has 0 aromatic carbocycles. The van der Waals surface area contributed by atoms with Gasteiger partial charge >= 0.3 is 0 Å². The van der Waals surface area contributed by atoms with Crippen LogP contribution in [0.5, 0.6) is 0 Å². The number of carbonyl (C=O) groups excluding carboxylic acids is 2. The first-order valence-corrected chi connectivity index (χ1v) is 8.62. The Morgan fingerprint density at radius 3 is 2.85 bits per heavy atom. The Morgan fingerprint density at radius 2 is 2.15 bits per heavy atom. The first-order chi connectivity index (χ1) is 12.5. The predicted octanol–water partition coefficient (Wildman–Crippen LogP) is 0.568. The van der Waals surface area contributed by atoms with E-state index in [9.17, 15) is 14.7 Å². The zero-order chi connectivity index (χ0) is 18.8. The van der Waals surface area contributed by atoms with Gasteiger partial charge in [0.15, 0.2) is 5.65 Å². The van der Waals surface area contributed by atoms with Gasteiger partial charge in [0.05, 0.1) is 29.2 Å². The van der Waals surface area contributed by atoms with Crippen LogP contribution in [0, 0.1) is 13.8 Å². The Labute approximate surface area is 151 Å². The first-order valence-electron chi connectivity index (χ1n) is 8.62. The zero-order valence-electron chi connectivity index (χ0n) is 15.1. The van der Waals surface area contributed by atoms with Crippen molar-refractivity contribution in [1.82, 2.24) is 24.4 Å². The molecule has 1 aliphatic heterocycles. The van der Waals surface area contributed by atoms with Crippen molar-refractivity contribution in [2.45, 2.75) is 26.3 Å². The quantitative estimate of drug-likeness (QED) is 0.808. The number of hydrogen-bond donors (Lipinski definition) is 1. The number of carbonyl (C=O) groups is 2. The summed E-state index contributed by atoms with van der Waals surface area (Å²) >= 11 is 0. The number of aliphatic hydroxyl groups is 1. The third-order valence-electron chi connectivity index (χ3n) is 4.85. The molecule has 3 rings (SSSR count). The second-order valence-electron chi connectivity index (χ2n) is 6.41. The first kappa shape index (κ1) is 18.1. The fraction of sp³-hybridized carbons (Fsp3) is 0.444. The molecule has 1 fully saturated rings. The lowest BCUT2D eigenvalue weighted by Gasteiger charge is -2.41. The number of nitrogens with zero attached hydrogens (tertiary/aromatic N) is 5. The van der Waals surface area contributed by atoms with Crippen LogP contribution in [-0.2, 0) is 4.79 Å². The van der Waals surface area contributed by atoms with E-state index in [0.717, 1.165) is 5.69 Å². The minimum absolute atomic E-state index is 0.0491. The highest BCUT2D eigenvalue weighted by Gasteiger charge is 2.33. The fourth-order valence-corrected chi connectivity index (χ4v) is 3.55. The summed E-state index contributed by atoms with van der Waals surface area (Å²) in [6.07, 6.45) is 3.34. The maximum absolute atomic E-state index is 13.2. The van der Waals surface area contributed by atoms with Crippen molar-refractivity contribution in [2.75, 3.05) is 26.2 Å². The van der Waals surface area contributed by atoms with Crippen LogP contribution in [0.15, 0.2) is 24.9 Å². The molecule has 2 aromatic heterocycles. The van der Waals surface area contributed by atoms with Crippen molar-refractivity contribution >= 4 is 17.5 Å². The van der Waals surface area contributed by atoms with Gasteiger partial charge in [-0.2, -0.15) is 5.10 Å². The normalized spacial score (nSPS) is 17.6. The van der Waals surface area contributed by atoms with E-state index in [4.69, 9.17) is 0 Å². The molecular formula is C18H23N5O3. The summed E-state index contributed by atoms with van der Waals surface area (Å²) in [5.41, 5.74) is 2.64. The van der Waals surface area contributed by atoms with Gasteiger partial charge in [0, 0.05) is 32.3 Å². The van der Waals surface area contributed by atoms with Crippen molar-refractivity contribution in [3.05, 3.63) is 41.9 Å². The van der Waals surface area contributed by atoms with Gasteiger partial charge in [-0.25, -0.2) is 9.50 Å². The lowest BCUT2D eigenvalue weighted by Crippen LogP contribution is -2.56. The van der Waals surface area contributed by atoms with Crippen molar-refractivity contribution in [1.29, 1.82) is 0 Å². The highest BCUT2D eigenvalue weighted by Crippen LogP contribution is 2.20. The Hall–Kier alpha value is -2.74. The SMILES string of the molecule is C=CC(=O)N1CCN(C(=O)c2c(C)nc3ccnn3c2C)CC1CCO. The molecule has 0 bridgehead atoms. The highest BCUT2D eigenvalue weighted by atomic mass is 16.3. The van der Waals surface area contributed by atoms with E-state index >= 15 is 0 Å². The Kier molecular flexibility index (Phi) is 5.03. The number of piperazine rings is 1. The standard InChI is InChI=1S/C18H23N5O3/c1-4-16(25)22-9-8-21(11-14(22)6-10-24)18(26)17-12(2)20-15-5-7-19-23(15)13(17)3/h4-5,7,14,24H,1,6,8-11H2,2-3H3. The second kappa shape index (κ2) is 7.25. The minimum Gasteiger partial charge on any atom is -0.396 e. The maximum Gasteiger partial charge on any atom is 0.257 e. The number of rotatable bonds is 4. The van der Waals surface area contributed by atoms with Crippen LogP contribution in [0.25, 0.3) is 5.65 Å². The number of amides is 2. The summed E-state index contributed by atoms with van der Waals surface area (Å²) in [6.45, 7) is 8.36. The summed E-state index contributed by atoms with van der Waals surface area (Å²) in [5.74, 6) is -0.305. The fourth-order valence-electron chi connectivity index (χ4n) is 3.55. The summed E-state index contributed by atoms with van der Waals surface area (Å²) in [6, 6.07) is 1.57. The molecule has 1 N–H and O–H groups in total. The van der Waals surface area contributed by atoms with Crippen molar-refractivity contribution in [3.8, 4) is 0 Å². The monoisotopic (exact) mass is 357 g/mol. The van der Waals surface area contributed by atoms with Crippen molar-refractivity contribution < 1.29 is 14.7 Å². The van der Waals surface area contributed by atoms with E-state index in [1.165, 1.54) is 6.08 Å². The molecule has 0 saturated carbocycles. The van der Waals surface area contributed by atoms with Gasteiger partial charge in [-0.1, -0.05) is 6.58 Å². The molecule has 1 atom stereocenters. The molecule has 0 spiro atoms. The molecular weight excluding hydrogens is 334 g/mol. The van der Waals surface area contributed by atoms with E-state index in [-0.39, 0.29) is 24.5 Å². The number of hydrogen-bond acceptors (Lipinski definition) is 5. The van der Waals surface area contributed by atoms with Crippen LogP contribution < -0.4 is 0 Å². The summed E-state index contributed by atoms with van der Waals surface area (Å²) in [7, 11) is 0. The number of aryl methyl sites for hydroxylation is 2.